The van der Waals surface area contributed by atoms with E-state index in [2.05, 4.69) is 11.2 Å². The minimum absolute atomic E-state index is 0.124. The van der Waals surface area contributed by atoms with Crippen LogP contribution in [0.15, 0.2) is 29.2 Å². The van der Waals surface area contributed by atoms with Crippen LogP contribution in [0.4, 0.5) is 3.89 Å². The van der Waals surface area contributed by atoms with E-state index in [-0.39, 0.29) is 17.2 Å². The van der Waals surface area contributed by atoms with Crippen LogP contribution in [-0.4, -0.2) is 20.9 Å². The first-order valence-corrected chi connectivity index (χ1v) is 7.05. The van der Waals surface area contributed by atoms with Crippen LogP contribution in [-0.2, 0) is 21.4 Å². The molecule has 0 radical (unpaired) electrons. The zero-order valence-corrected chi connectivity index (χ0v) is 11.0. The van der Waals surface area contributed by atoms with Crippen molar-refractivity contribution < 1.29 is 17.1 Å². The van der Waals surface area contributed by atoms with Crippen LogP contribution in [0.5, 0.6) is 0 Å². The maximum absolute atomic E-state index is 12.6. The van der Waals surface area contributed by atoms with Crippen LogP contribution in [0.1, 0.15) is 18.4 Å². The van der Waals surface area contributed by atoms with Gasteiger partial charge in [0, 0.05) is 19.4 Å². The molecule has 0 unspecified atom stereocenters. The molecule has 1 rings (SSSR count). The minimum atomic E-state index is -4.65. The van der Waals surface area contributed by atoms with Crippen molar-refractivity contribution in [1.29, 1.82) is 0 Å². The normalized spacial score (nSPS) is 10.7. The molecule has 0 aliphatic carbocycles. The van der Waals surface area contributed by atoms with Crippen molar-refractivity contribution in [2.75, 3.05) is 6.54 Å². The average molecular weight is 283 g/mol. The first kappa shape index (κ1) is 15.2. The van der Waals surface area contributed by atoms with Crippen LogP contribution in [0.3, 0.4) is 0 Å². The van der Waals surface area contributed by atoms with Gasteiger partial charge in [0.15, 0.2) is 0 Å². The Morgan fingerprint density at radius 2 is 1.95 bits per heavy atom. The number of carbonyl (C=O) groups excluding carboxylic acids is 1. The highest BCUT2D eigenvalue weighted by Gasteiger charge is 2.10. The third-order valence-corrected chi connectivity index (χ3v) is 3.27. The quantitative estimate of drug-likeness (QED) is 0.634. The van der Waals surface area contributed by atoms with Gasteiger partial charge in [-0.25, -0.2) is 0 Å². The molecule has 6 heteroatoms. The van der Waals surface area contributed by atoms with Crippen molar-refractivity contribution in [1.82, 2.24) is 5.32 Å². The summed E-state index contributed by atoms with van der Waals surface area (Å²) in [6.07, 6.45) is 6.26. The fraction of sp³-hybridized carbons (Fsp3) is 0.308. The first-order chi connectivity index (χ1) is 8.93. The number of benzene rings is 1. The number of hydrogen-bond acceptors (Lipinski definition) is 3. The zero-order valence-electron chi connectivity index (χ0n) is 10.2. The highest BCUT2D eigenvalue weighted by molar-refractivity contribution is 7.86. The highest BCUT2D eigenvalue weighted by Crippen LogP contribution is 2.13. The van der Waals surface area contributed by atoms with Crippen LogP contribution < -0.4 is 5.32 Å². The number of amides is 1. The Morgan fingerprint density at radius 1 is 1.32 bits per heavy atom. The summed E-state index contributed by atoms with van der Waals surface area (Å²) >= 11 is 0. The van der Waals surface area contributed by atoms with Crippen molar-refractivity contribution in [3.05, 3.63) is 29.8 Å². The summed E-state index contributed by atoms with van der Waals surface area (Å²) in [4.78, 5) is 10.9. The van der Waals surface area contributed by atoms with Gasteiger partial charge >= 0.3 is 10.2 Å². The van der Waals surface area contributed by atoms with E-state index in [9.17, 15) is 17.1 Å². The van der Waals surface area contributed by atoms with Gasteiger partial charge in [0.2, 0.25) is 5.91 Å². The topological polar surface area (TPSA) is 63.2 Å². The molecular formula is C13H14FNO3S. The lowest BCUT2D eigenvalue weighted by Gasteiger charge is -2.04. The number of carbonyl (C=O) groups is 1. The summed E-state index contributed by atoms with van der Waals surface area (Å²) < 4.78 is 33.8. The van der Waals surface area contributed by atoms with E-state index >= 15 is 0 Å². The van der Waals surface area contributed by atoms with Gasteiger partial charge in [-0.2, -0.15) is 8.42 Å². The van der Waals surface area contributed by atoms with Crippen molar-refractivity contribution in [2.45, 2.75) is 24.2 Å². The lowest BCUT2D eigenvalue weighted by Crippen LogP contribution is -2.25. The minimum Gasteiger partial charge on any atom is -0.356 e. The number of rotatable bonds is 6. The molecule has 0 saturated carbocycles. The average Bonchev–Trinajstić information content (AvgIpc) is 2.36. The molecule has 0 aromatic heterocycles. The van der Waals surface area contributed by atoms with Gasteiger partial charge in [0.05, 0.1) is 4.90 Å². The Morgan fingerprint density at radius 3 is 2.47 bits per heavy atom. The fourth-order valence-corrected chi connectivity index (χ4v) is 1.90. The molecule has 0 spiro atoms. The highest BCUT2D eigenvalue weighted by atomic mass is 32.3. The maximum atomic E-state index is 12.6. The lowest BCUT2D eigenvalue weighted by atomic mass is 10.1. The molecule has 0 atom stereocenters. The number of nitrogens with one attached hydrogen (secondary N) is 1. The summed E-state index contributed by atoms with van der Waals surface area (Å²) in [5, 5.41) is 2.68. The van der Waals surface area contributed by atoms with E-state index in [1.807, 2.05) is 0 Å². The first-order valence-electron chi connectivity index (χ1n) is 5.67. The molecule has 0 bridgehead atoms. The van der Waals surface area contributed by atoms with E-state index in [1.165, 1.54) is 24.3 Å². The molecular weight excluding hydrogens is 269 g/mol. The monoisotopic (exact) mass is 283 g/mol. The molecule has 1 N–H and O–H groups in total. The lowest BCUT2D eigenvalue weighted by molar-refractivity contribution is -0.120. The molecule has 19 heavy (non-hydrogen) atoms. The Labute approximate surface area is 112 Å². The third-order valence-electron chi connectivity index (χ3n) is 2.44. The van der Waals surface area contributed by atoms with E-state index < -0.39 is 10.2 Å². The summed E-state index contributed by atoms with van der Waals surface area (Å²) in [6.45, 7) is 0.422. The summed E-state index contributed by atoms with van der Waals surface area (Å²) in [5.74, 6) is 2.25. The van der Waals surface area contributed by atoms with Crippen molar-refractivity contribution in [3.8, 4) is 12.3 Å². The number of halogens is 1. The van der Waals surface area contributed by atoms with Gasteiger partial charge in [0.25, 0.3) is 0 Å². The molecule has 1 aromatic carbocycles. The molecule has 1 aromatic rings. The predicted octanol–water partition coefficient (Wildman–Crippen LogP) is 1.42. The number of terminal acetylenes is 1. The molecule has 102 valence electrons. The van der Waals surface area contributed by atoms with Crippen molar-refractivity contribution in [3.63, 3.8) is 0 Å². The molecule has 1 amide bonds. The molecule has 0 aliphatic rings. The van der Waals surface area contributed by atoms with E-state index in [0.717, 1.165) is 5.56 Å². The molecule has 4 nitrogen and oxygen atoms in total. The van der Waals surface area contributed by atoms with Crippen LogP contribution in [0, 0.1) is 12.3 Å². The van der Waals surface area contributed by atoms with Crippen LogP contribution >= 0.6 is 0 Å². The van der Waals surface area contributed by atoms with Gasteiger partial charge < -0.3 is 5.32 Å². The summed E-state index contributed by atoms with van der Waals surface area (Å²) in [6, 6.07) is 5.43. The van der Waals surface area contributed by atoms with Gasteiger partial charge in [-0.1, -0.05) is 12.1 Å². The molecule has 0 saturated heterocycles. The van der Waals surface area contributed by atoms with Gasteiger partial charge in [-0.15, -0.1) is 16.2 Å². The second-order valence-electron chi connectivity index (χ2n) is 3.89. The Hall–Kier alpha value is -1.87. The maximum Gasteiger partial charge on any atom is 0.332 e. The standard InChI is InChI=1S/C13H14FNO3S/c1-2-3-4-13(16)15-10-9-11-5-7-12(8-6-11)19(14,17)18/h1,5-8H,3-4,9-10H2,(H,15,16). The third kappa shape index (κ3) is 5.53. The van der Waals surface area contributed by atoms with E-state index in [1.54, 1.807) is 0 Å². The number of hydrogen-bond donors (Lipinski definition) is 1. The zero-order chi connectivity index (χ0) is 14.3. The Balaban J connectivity index is 2.43. The van der Waals surface area contributed by atoms with Crippen LogP contribution in [0.25, 0.3) is 0 Å². The second kappa shape index (κ2) is 6.90. The molecule has 0 heterocycles. The van der Waals surface area contributed by atoms with Gasteiger partial charge in [0.1, 0.15) is 0 Å². The Kier molecular flexibility index (Phi) is 5.52. The fourth-order valence-electron chi connectivity index (χ4n) is 1.44. The summed E-state index contributed by atoms with van der Waals surface area (Å²) in [7, 11) is -4.65. The second-order valence-corrected chi connectivity index (χ2v) is 5.23. The van der Waals surface area contributed by atoms with Crippen molar-refractivity contribution >= 4 is 16.1 Å². The molecule has 0 aliphatic heterocycles. The Bertz CT molecular complexity index is 573. The predicted molar refractivity (Wildman–Crippen MR) is 69.5 cm³/mol. The van der Waals surface area contributed by atoms with E-state index in [4.69, 9.17) is 6.42 Å². The van der Waals surface area contributed by atoms with Gasteiger partial charge in [-0.05, 0) is 24.1 Å². The van der Waals surface area contributed by atoms with Gasteiger partial charge in [-0.3, -0.25) is 4.79 Å². The van der Waals surface area contributed by atoms with Crippen LogP contribution in [0.2, 0.25) is 0 Å². The van der Waals surface area contributed by atoms with Crippen molar-refractivity contribution in [2.24, 2.45) is 0 Å². The largest absolute Gasteiger partial charge is 0.356 e. The van der Waals surface area contributed by atoms with E-state index in [0.29, 0.717) is 19.4 Å². The summed E-state index contributed by atoms with van der Waals surface area (Å²) in [5.41, 5.74) is 0.810. The SMILES string of the molecule is C#CCCC(=O)NCCc1ccc(S(=O)(=O)F)cc1. The smallest absolute Gasteiger partial charge is 0.332 e. The molecule has 0 fully saturated rings.